The van der Waals surface area contributed by atoms with Gasteiger partial charge in [0.15, 0.2) is 5.96 Å². The summed E-state index contributed by atoms with van der Waals surface area (Å²) < 4.78 is 6.25. The summed E-state index contributed by atoms with van der Waals surface area (Å²) in [6.07, 6.45) is -0.412. The van der Waals surface area contributed by atoms with E-state index in [0.717, 1.165) is 17.0 Å². The van der Waals surface area contributed by atoms with Gasteiger partial charge >= 0.3 is 6.09 Å². The van der Waals surface area contributed by atoms with Gasteiger partial charge in [-0.2, -0.15) is 0 Å². The zero-order valence-corrected chi connectivity index (χ0v) is 19.2. The average Bonchev–Trinajstić information content (AvgIpc) is 2.84. The van der Waals surface area contributed by atoms with Gasteiger partial charge in [0.2, 0.25) is 0 Å². The number of thiophene rings is 1. The smallest absolute Gasteiger partial charge is 0.407 e. The molecule has 1 amide bonds. The van der Waals surface area contributed by atoms with Gasteiger partial charge in [-0.25, -0.2) is 9.79 Å². The average molecular weight is 533 g/mol. The first-order chi connectivity index (χ1) is 10.8. The zero-order valence-electron chi connectivity index (χ0n) is 14.4. The molecule has 138 valence electrons. The number of nitrogens with zero attached hydrogens (tertiary/aromatic N) is 1. The second-order valence-corrected chi connectivity index (χ2v) is 7.69. The van der Waals surface area contributed by atoms with Gasteiger partial charge in [0.05, 0.1) is 6.54 Å². The second kappa shape index (κ2) is 11.9. The van der Waals surface area contributed by atoms with Crippen molar-refractivity contribution in [1.82, 2.24) is 16.0 Å². The van der Waals surface area contributed by atoms with Crippen molar-refractivity contribution >= 4 is 63.3 Å². The predicted molar refractivity (Wildman–Crippen MR) is 114 cm³/mol. The minimum absolute atomic E-state index is 0. The van der Waals surface area contributed by atoms with E-state index < -0.39 is 11.7 Å². The van der Waals surface area contributed by atoms with Gasteiger partial charge in [0, 0.05) is 34.4 Å². The number of nitrogens with one attached hydrogen (secondary N) is 3. The predicted octanol–water partition coefficient (Wildman–Crippen LogP) is 3.71. The normalized spacial score (nSPS) is 11.5. The molecule has 0 radical (unpaired) electrons. The number of hydrogen-bond acceptors (Lipinski definition) is 4. The number of guanidine groups is 1. The first-order valence-electron chi connectivity index (χ1n) is 7.52. The minimum atomic E-state index is -0.483. The molecule has 0 saturated carbocycles. The molecule has 1 heterocycles. The molecule has 0 unspecified atom stereocenters. The molecule has 0 aliphatic heterocycles. The summed E-state index contributed by atoms with van der Waals surface area (Å²) >= 11 is 5.10. The van der Waals surface area contributed by atoms with Crippen LogP contribution in [0.25, 0.3) is 0 Å². The maximum atomic E-state index is 11.5. The van der Waals surface area contributed by atoms with Crippen LogP contribution >= 0.6 is 51.2 Å². The lowest BCUT2D eigenvalue weighted by atomic mass is 10.2. The third kappa shape index (κ3) is 11.1. The van der Waals surface area contributed by atoms with Gasteiger partial charge in [-0.3, -0.25) is 0 Å². The van der Waals surface area contributed by atoms with Gasteiger partial charge < -0.3 is 20.7 Å². The number of ether oxygens (including phenoxy) is 1. The summed E-state index contributed by atoms with van der Waals surface area (Å²) in [5.74, 6) is 0.725. The highest BCUT2D eigenvalue weighted by atomic mass is 127. The maximum absolute atomic E-state index is 11.5. The van der Waals surface area contributed by atoms with Crippen LogP contribution in [-0.4, -0.2) is 37.3 Å². The lowest BCUT2D eigenvalue weighted by molar-refractivity contribution is 0.0529. The number of aliphatic imine (C=N–C) groups is 1. The minimum Gasteiger partial charge on any atom is -0.444 e. The molecule has 9 heteroatoms. The monoisotopic (exact) mass is 532 g/mol. The van der Waals surface area contributed by atoms with Crippen molar-refractivity contribution in [3.05, 3.63) is 20.8 Å². The molecule has 0 aliphatic rings. The Morgan fingerprint density at radius 1 is 1.29 bits per heavy atom. The van der Waals surface area contributed by atoms with Gasteiger partial charge in [-0.05, 0) is 49.7 Å². The largest absolute Gasteiger partial charge is 0.444 e. The number of alkyl carbamates (subject to hydrolysis) is 1. The Balaban J connectivity index is 0.00000529. The van der Waals surface area contributed by atoms with E-state index in [2.05, 4.69) is 42.9 Å². The van der Waals surface area contributed by atoms with Crippen molar-refractivity contribution in [2.45, 2.75) is 39.8 Å². The lowest BCUT2D eigenvalue weighted by Crippen LogP contribution is -2.42. The molecule has 0 aliphatic carbocycles. The van der Waals surface area contributed by atoms with Gasteiger partial charge in [0.1, 0.15) is 5.60 Å². The van der Waals surface area contributed by atoms with Crippen LogP contribution in [0.2, 0.25) is 0 Å². The molecule has 0 saturated heterocycles. The molecule has 1 aromatic heterocycles. The molecule has 0 fully saturated rings. The standard InChI is InChI=1S/C15H25BrN4O2S.HI/c1-5-17-13(20-9-12-8-11(16)10-23-12)18-6-7-19-14(21)22-15(2,3)4;/h8,10H,5-7,9H2,1-4H3,(H,19,21)(H2,17,18,20);1H. The molecule has 1 aromatic rings. The van der Waals surface area contributed by atoms with Crippen LogP contribution in [0, 0.1) is 0 Å². The highest BCUT2D eigenvalue weighted by Crippen LogP contribution is 2.20. The molecule has 3 N–H and O–H groups in total. The van der Waals surface area contributed by atoms with Crippen molar-refractivity contribution < 1.29 is 9.53 Å². The highest BCUT2D eigenvalue weighted by molar-refractivity contribution is 14.0. The van der Waals surface area contributed by atoms with Crippen LogP contribution in [0.3, 0.4) is 0 Å². The van der Waals surface area contributed by atoms with E-state index in [1.807, 2.05) is 33.1 Å². The van der Waals surface area contributed by atoms with Crippen molar-refractivity contribution in [1.29, 1.82) is 0 Å². The molecule has 0 aromatic carbocycles. The Morgan fingerprint density at radius 2 is 1.96 bits per heavy atom. The summed E-state index contributed by atoms with van der Waals surface area (Å²) in [4.78, 5) is 17.2. The van der Waals surface area contributed by atoms with Gasteiger partial charge in [-0.15, -0.1) is 35.3 Å². The number of rotatable bonds is 6. The Labute approximate surface area is 173 Å². The summed E-state index contributed by atoms with van der Waals surface area (Å²) in [5.41, 5.74) is -0.483. The van der Waals surface area contributed by atoms with Gasteiger partial charge in [-0.1, -0.05) is 0 Å². The third-order valence-electron chi connectivity index (χ3n) is 2.44. The Kier molecular flexibility index (Phi) is 11.6. The van der Waals surface area contributed by atoms with E-state index in [1.54, 1.807) is 11.3 Å². The van der Waals surface area contributed by atoms with Crippen LogP contribution in [-0.2, 0) is 11.3 Å². The molecule has 6 nitrogen and oxygen atoms in total. The van der Waals surface area contributed by atoms with Gasteiger partial charge in [0.25, 0.3) is 0 Å². The summed E-state index contributed by atoms with van der Waals surface area (Å²) in [5, 5.41) is 11.1. The van der Waals surface area contributed by atoms with Crippen LogP contribution in [0.5, 0.6) is 0 Å². The van der Waals surface area contributed by atoms with Crippen LogP contribution in [0.4, 0.5) is 4.79 Å². The third-order valence-corrected chi connectivity index (χ3v) is 4.13. The van der Waals surface area contributed by atoms with Crippen molar-refractivity contribution in [3.8, 4) is 0 Å². The van der Waals surface area contributed by atoms with Crippen molar-refractivity contribution in [2.24, 2.45) is 4.99 Å². The summed E-state index contributed by atoms with van der Waals surface area (Å²) in [6.45, 7) is 9.95. The fourth-order valence-corrected chi connectivity index (χ4v) is 2.97. The molecule has 0 bridgehead atoms. The van der Waals surface area contributed by atoms with Crippen LogP contribution < -0.4 is 16.0 Å². The van der Waals surface area contributed by atoms with E-state index in [9.17, 15) is 4.79 Å². The maximum Gasteiger partial charge on any atom is 0.407 e. The fourth-order valence-electron chi connectivity index (χ4n) is 1.60. The highest BCUT2D eigenvalue weighted by Gasteiger charge is 2.15. The van der Waals surface area contributed by atoms with E-state index in [4.69, 9.17) is 4.74 Å². The molecule has 0 spiro atoms. The Morgan fingerprint density at radius 3 is 2.50 bits per heavy atom. The Bertz CT molecular complexity index is 532. The van der Waals surface area contributed by atoms with Crippen molar-refractivity contribution in [2.75, 3.05) is 19.6 Å². The van der Waals surface area contributed by atoms with E-state index in [0.29, 0.717) is 19.6 Å². The zero-order chi connectivity index (χ0) is 17.3. The molecule has 0 atom stereocenters. The number of amides is 1. The lowest BCUT2D eigenvalue weighted by Gasteiger charge is -2.19. The molecule has 1 rings (SSSR count). The fraction of sp³-hybridized carbons (Fsp3) is 0.600. The summed E-state index contributed by atoms with van der Waals surface area (Å²) in [6, 6.07) is 2.06. The topological polar surface area (TPSA) is 74.8 Å². The number of carbonyl (C=O) groups excluding carboxylic acids is 1. The molecular formula is C15H26BrIN4O2S. The SMILES string of the molecule is CCNC(=NCc1cc(Br)cs1)NCCNC(=O)OC(C)(C)C.I. The molecular weight excluding hydrogens is 507 g/mol. The first kappa shape index (κ1) is 23.4. The van der Waals surface area contributed by atoms with E-state index in [-0.39, 0.29) is 24.0 Å². The van der Waals surface area contributed by atoms with Crippen LogP contribution in [0.15, 0.2) is 20.9 Å². The quantitative estimate of drug-likeness (QED) is 0.226. The molecule has 24 heavy (non-hydrogen) atoms. The van der Waals surface area contributed by atoms with E-state index >= 15 is 0 Å². The van der Waals surface area contributed by atoms with Crippen LogP contribution in [0.1, 0.15) is 32.6 Å². The number of hydrogen-bond donors (Lipinski definition) is 3. The Hall–Kier alpha value is -0.550. The first-order valence-corrected chi connectivity index (χ1v) is 9.19. The van der Waals surface area contributed by atoms with Crippen molar-refractivity contribution in [3.63, 3.8) is 0 Å². The number of halogens is 2. The van der Waals surface area contributed by atoms with E-state index in [1.165, 1.54) is 4.88 Å². The second-order valence-electron chi connectivity index (χ2n) is 5.78. The summed E-state index contributed by atoms with van der Waals surface area (Å²) in [7, 11) is 0. The number of carbonyl (C=O) groups is 1.